The first-order valence-electron chi connectivity index (χ1n) is 14.1. The maximum atomic E-state index is 13.5. The molecule has 5 rings (SSSR count). The van der Waals surface area contributed by atoms with Crippen molar-refractivity contribution in [3.8, 4) is 22.3 Å². The fourth-order valence-electron chi connectivity index (χ4n) is 5.41. The zero-order valence-electron chi connectivity index (χ0n) is 23.8. The minimum absolute atomic E-state index is 0.120. The van der Waals surface area contributed by atoms with E-state index < -0.39 is 11.2 Å². The normalized spacial score (nSPS) is 14.0. The Bertz CT molecular complexity index is 1560. The minimum atomic E-state index is -1.63. The number of hydrogen-bond donors (Lipinski definition) is 2. The van der Waals surface area contributed by atoms with Crippen LogP contribution in [0.3, 0.4) is 0 Å². The van der Waals surface area contributed by atoms with E-state index in [0.717, 1.165) is 33.4 Å². The average Bonchev–Trinajstić information content (AvgIpc) is 3.02. The molecule has 42 heavy (non-hydrogen) atoms. The molecule has 2 N–H and O–H groups in total. The largest absolute Gasteiger partial charge is 0.382 e. The number of benzene rings is 5. The highest BCUT2D eigenvalue weighted by Gasteiger charge is 2.34. The topological polar surface area (TPSA) is 74.6 Å². The second-order valence-corrected chi connectivity index (χ2v) is 11.2. The monoisotopic (exact) mass is 554 g/mol. The van der Waals surface area contributed by atoms with Gasteiger partial charge < -0.3 is 10.2 Å². The zero-order valence-corrected chi connectivity index (χ0v) is 23.8. The molecule has 0 aliphatic carbocycles. The van der Waals surface area contributed by atoms with E-state index in [1.165, 1.54) is 0 Å². The van der Waals surface area contributed by atoms with Gasteiger partial charge in [0.05, 0.1) is 0 Å². The van der Waals surface area contributed by atoms with Crippen LogP contribution < -0.4 is 0 Å². The SMILES string of the molecule is CC(O)(Cc1ccc(CC(C)(O)C(=O)c2ccccc2-c2ccccc2)cc1)C(=O)c1ccccc1-c1ccccc1. The Balaban J connectivity index is 1.31. The predicted molar refractivity (Wildman–Crippen MR) is 168 cm³/mol. The molecule has 4 nitrogen and oxygen atoms in total. The summed E-state index contributed by atoms with van der Waals surface area (Å²) in [5.41, 5.74) is 2.60. The summed E-state index contributed by atoms with van der Waals surface area (Å²) in [4.78, 5) is 27.1. The van der Waals surface area contributed by atoms with E-state index in [4.69, 9.17) is 0 Å². The summed E-state index contributed by atoms with van der Waals surface area (Å²) < 4.78 is 0. The highest BCUT2D eigenvalue weighted by atomic mass is 16.3. The van der Waals surface area contributed by atoms with E-state index in [-0.39, 0.29) is 24.4 Å². The Morgan fingerprint density at radius 1 is 0.476 bits per heavy atom. The highest BCUT2D eigenvalue weighted by molar-refractivity contribution is 6.08. The van der Waals surface area contributed by atoms with Crippen LogP contribution in [0, 0.1) is 0 Å². The van der Waals surface area contributed by atoms with Crippen LogP contribution in [0.4, 0.5) is 0 Å². The van der Waals surface area contributed by atoms with Crippen molar-refractivity contribution < 1.29 is 19.8 Å². The maximum Gasteiger partial charge on any atom is 0.195 e. The Hall–Kier alpha value is -4.64. The molecule has 0 radical (unpaired) electrons. The van der Waals surface area contributed by atoms with Crippen molar-refractivity contribution in [1.29, 1.82) is 0 Å². The van der Waals surface area contributed by atoms with Crippen molar-refractivity contribution in [3.05, 3.63) is 156 Å². The molecule has 0 saturated heterocycles. The molecule has 0 bridgehead atoms. The molecular formula is C38H34O4. The summed E-state index contributed by atoms with van der Waals surface area (Å²) in [5, 5.41) is 22.6. The molecule has 4 heteroatoms. The van der Waals surface area contributed by atoms with Crippen LogP contribution >= 0.6 is 0 Å². The minimum Gasteiger partial charge on any atom is -0.382 e. The molecule has 5 aromatic rings. The Labute approximate surface area is 246 Å². The summed E-state index contributed by atoms with van der Waals surface area (Å²) in [6.07, 6.45) is 0.240. The van der Waals surface area contributed by atoms with Gasteiger partial charge in [0, 0.05) is 24.0 Å². The van der Waals surface area contributed by atoms with Crippen molar-refractivity contribution >= 4 is 11.6 Å². The fourth-order valence-corrected chi connectivity index (χ4v) is 5.41. The number of aliphatic hydroxyl groups is 2. The van der Waals surface area contributed by atoms with Crippen molar-refractivity contribution in [3.63, 3.8) is 0 Å². The van der Waals surface area contributed by atoms with Gasteiger partial charge in [-0.25, -0.2) is 0 Å². The van der Waals surface area contributed by atoms with Gasteiger partial charge >= 0.3 is 0 Å². The fraction of sp³-hybridized carbons (Fsp3) is 0.158. The number of hydrogen-bond acceptors (Lipinski definition) is 4. The van der Waals surface area contributed by atoms with E-state index in [1.807, 2.05) is 109 Å². The Kier molecular flexibility index (Phi) is 8.30. The highest BCUT2D eigenvalue weighted by Crippen LogP contribution is 2.30. The van der Waals surface area contributed by atoms with Crippen LogP contribution in [0.5, 0.6) is 0 Å². The molecule has 2 unspecified atom stereocenters. The lowest BCUT2D eigenvalue weighted by molar-refractivity contribution is 0.0406. The number of carbonyl (C=O) groups excluding carboxylic acids is 2. The standard InChI is InChI=1S/C38H34O4/c1-37(41,35(39)33-19-11-9-17-31(33)29-13-5-3-6-14-29)25-27-21-23-28(24-22-27)26-38(2,42)36(40)34-20-12-10-18-32(34)30-15-7-4-8-16-30/h3-24,41-42H,25-26H2,1-2H3. The van der Waals surface area contributed by atoms with Gasteiger partial charge in [0.25, 0.3) is 0 Å². The third-order valence-electron chi connectivity index (χ3n) is 7.61. The van der Waals surface area contributed by atoms with E-state index >= 15 is 0 Å². The van der Waals surface area contributed by atoms with Gasteiger partial charge in [0.1, 0.15) is 11.2 Å². The van der Waals surface area contributed by atoms with Crippen LogP contribution in [0.2, 0.25) is 0 Å². The molecule has 0 heterocycles. The van der Waals surface area contributed by atoms with Crippen LogP contribution in [0.15, 0.2) is 133 Å². The first kappa shape index (κ1) is 28.9. The third-order valence-corrected chi connectivity index (χ3v) is 7.61. The first-order chi connectivity index (χ1) is 20.2. The van der Waals surface area contributed by atoms with Crippen molar-refractivity contribution in [2.45, 2.75) is 37.9 Å². The van der Waals surface area contributed by atoms with Gasteiger partial charge in [-0.1, -0.05) is 133 Å². The number of Topliss-reactive ketones (excluding diaryl/α,β-unsaturated/α-hetero) is 2. The summed E-state index contributed by atoms with van der Waals surface area (Å²) in [6.45, 7) is 3.08. The second kappa shape index (κ2) is 12.1. The van der Waals surface area contributed by atoms with Crippen LogP contribution in [0.1, 0.15) is 45.7 Å². The molecular weight excluding hydrogens is 520 g/mol. The lowest BCUT2D eigenvalue weighted by Crippen LogP contribution is -2.38. The van der Waals surface area contributed by atoms with Crippen molar-refractivity contribution in [2.75, 3.05) is 0 Å². The molecule has 210 valence electrons. The maximum absolute atomic E-state index is 13.5. The smallest absolute Gasteiger partial charge is 0.195 e. The number of rotatable bonds is 10. The van der Waals surface area contributed by atoms with E-state index in [9.17, 15) is 19.8 Å². The van der Waals surface area contributed by atoms with Crippen LogP contribution in [0.25, 0.3) is 22.3 Å². The van der Waals surface area contributed by atoms with Crippen LogP contribution in [-0.2, 0) is 12.8 Å². The third kappa shape index (κ3) is 6.31. The quantitative estimate of drug-likeness (QED) is 0.177. The molecule has 5 aromatic carbocycles. The second-order valence-electron chi connectivity index (χ2n) is 11.2. The van der Waals surface area contributed by atoms with Gasteiger partial charge in [-0.05, 0) is 47.2 Å². The van der Waals surface area contributed by atoms with Crippen molar-refractivity contribution in [2.24, 2.45) is 0 Å². The Morgan fingerprint density at radius 2 is 0.786 bits per heavy atom. The summed E-state index contributed by atoms with van der Waals surface area (Å²) in [6, 6.07) is 41.3. The predicted octanol–water partition coefficient (Wildman–Crippen LogP) is 7.37. The summed E-state index contributed by atoms with van der Waals surface area (Å²) in [7, 11) is 0. The molecule has 0 aliphatic rings. The number of ketones is 2. The van der Waals surface area contributed by atoms with Crippen molar-refractivity contribution in [1.82, 2.24) is 0 Å². The molecule has 0 aliphatic heterocycles. The van der Waals surface area contributed by atoms with Gasteiger partial charge in [-0.15, -0.1) is 0 Å². The van der Waals surface area contributed by atoms with E-state index in [1.54, 1.807) is 38.1 Å². The van der Waals surface area contributed by atoms with Crippen LogP contribution in [-0.4, -0.2) is 33.0 Å². The van der Waals surface area contributed by atoms with E-state index in [0.29, 0.717) is 11.1 Å². The van der Waals surface area contributed by atoms with Gasteiger partial charge in [-0.3, -0.25) is 9.59 Å². The average molecular weight is 555 g/mol. The molecule has 0 spiro atoms. The lowest BCUT2D eigenvalue weighted by Gasteiger charge is -2.25. The number of carbonyl (C=O) groups is 2. The van der Waals surface area contributed by atoms with Gasteiger partial charge in [0.2, 0.25) is 0 Å². The molecule has 2 atom stereocenters. The molecule has 0 amide bonds. The molecule has 0 aromatic heterocycles. The zero-order chi connectivity index (χ0) is 29.7. The summed E-state index contributed by atoms with van der Waals surface area (Å²) >= 11 is 0. The molecule has 0 fully saturated rings. The van der Waals surface area contributed by atoms with E-state index in [2.05, 4.69) is 0 Å². The van der Waals surface area contributed by atoms with Gasteiger partial charge in [0.15, 0.2) is 11.6 Å². The lowest BCUT2D eigenvalue weighted by atomic mass is 9.84. The van der Waals surface area contributed by atoms with Gasteiger partial charge in [-0.2, -0.15) is 0 Å². The first-order valence-corrected chi connectivity index (χ1v) is 14.1. The molecule has 0 saturated carbocycles. The summed E-state index contributed by atoms with van der Waals surface area (Å²) in [5.74, 6) is -0.701. The Morgan fingerprint density at radius 3 is 1.14 bits per heavy atom.